The Hall–Kier alpha value is -3.20. The summed E-state index contributed by atoms with van der Waals surface area (Å²) in [6, 6.07) is 11.4. The topological polar surface area (TPSA) is 114 Å². The first kappa shape index (κ1) is 21.1. The van der Waals surface area contributed by atoms with Crippen LogP contribution in [0.3, 0.4) is 0 Å². The van der Waals surface area contributed by atoms with Gasteiger partial charge >= 0.3 is 5.97 Å². The van der Waals surface area contributed by atoms with Gasteiger partial charge in [0.1, 0.15) is 0 Å². The van der Waals surface area contributed by atoms with Crippen molar-refractivity contribution in [2.75, 3.05) is 11.9 Å². The summed E-state index contributed by atoms with van der Waals surface area (Å²) in [6.45, 7) is 2.45. The lowest BCUT2D eigenvalue weighted by Gasteiger charge is -2.12. The predicted molar refractivity (Wildman–Crippen MR) is 106 cm³/mol. The normalized spacial score (nSPS) is 9.96. The number of anilines is 1. The fourth-order valence-corrected chi connectivity index (χ4v) is 2.49. The van der Waals surface area contributed by atoms with Gasteiger partial charge in [-0.2, -0.15) is 0 Å². The zero-order chi connectivity index (χ0) is 20.7. The highest BCUT2D eigenvalue weighted by molar-refractivity contribution is 9.10. The third-order valence-electron chi connectivity index (χ3n) is 3.55. The summed E-state index contributed by atoms with van der Waals surface area (Å²) in [4.78, 5) is 47.3. The van der Waals surface area contributed by atoms with Crippen molar-refractivity contribution in [3.05, 3.63) is 63.6 Å². The second kappa shape index (κ2) is 9.65. The quantitative estimate of drug-likeness (QED) is 0.480. The largest absolute Gasteiger partial charge is 0.452 e. The molecule has 8 nitrogen and oxygen atoms in total. The molecule has 0 aliphatic carbocycles. The highest BCUT2D eigenvalue weighted by Crippen LogP contribution is 2.21. The van der Waals surface area contributed by atoms with E-state index in [0.717, 1.165) is 4.47 Å². The van der Waals surface area contributed by atoms with Gasteiger partial charge in [-0.1, -0.05) is 28.1 Å². The van der Waals surface area contributed by atoms with Gasteiger partial charge in [-0.25, -0.2) is 4.79 Å². The van der Waals surface area contributed by atoms with Crippen LogP contribution < -0.4 is 16.2 Å². The number of esters is 1. The molecule has 0 aliphatic rings. The fourth-order valence-electron chi connectivity index (χ4n) is 2.22. The Morgan fingerprint density at radius 2 is 1.68 bits per heavy atom. The van der Waals surface area contributed by atoms with E-state index in [2.05, 4.69) is 32.1 Å². The summed E-state index contributed by atoms with van der Waals surface area (Å²) in [5.74, 6) is -2.34. The number of aryl methyl sites for hydroxylation is 1. The lowest BCUT2D eigenvalue weighted by Crippen LogP contribution is -2.43. The smallest absolute Gasteiger partial charge is 0.340 e. The van der Waals surface area contributed by atoms with Crippen LogP contribution in [-0.4, -0.2) is 30.3 Å². The van der Waals surface area contributed by atoms with E-state index in [4.69, 9.17) is 4.74 Å². The highest BCUT2D eigenvalue weighted by atomic mass is 79.9. The van der Waals surface area contributed by atoms with Crippen LogP contribution in [0.25, 0.3) is 0 Å². The molecule has 3 N–H and O–H groups in total. The minimum atomic E-state index is -0.776. The Bertz CT molecular complexity index is 912. The molecule has 0 atom stereocenters. The van der Waals surface area contributed by atoms with Gasteiger partial charge in [0.2, 0.25) is 5.91 Å². The van der Waals surface area contributed by atoms with Crippen LogP contribution in [-0.2, 0) is 14.3 Å². The van der Waals surface area contributed by atoms with Gasteiger partial charge in [-0.3, -0.25) is 25.2 Å². The third kappa shape index (κ3) is 5.92. The molecule has 0 unspecified atom stereocenters. The number of para-hydroxylation sites is 1. The van der Waals surface area contributed by atoms with Crippen LogP contribution >= 0.6 is 15.9 Å². The van der Waals surface area contributed by atoms with Crippen LogP contribution in [0.5, 0.6) is 0 Å². The first-order valence-corrected chi connectivity index (χ1v) is 8.96. The Morgan fingerprint density at radius 1 is 1.00 bits per heavy atom. The second-order valence-corrected chi connectivity index (χ2v) is 6.68. The van der Waals surface area contributed by atoms with E-state index in [1.165, 1.54) is 13.0 Å². The molecule has 0 spiro atoms. The van der Waals surface area contributed by atoms with Crippen molar-refractivity contribution in [3.63, 3.8) is 0 Å². The number of amides is 3. The Labute approximate surface area is 169 Å². The molecule has 146 valence electrons. The molecule has 3 amide bonds. The summed E-state index contributed by atoms with van der Waals surface area (Å²) in [7, 11) is 0. The molecule has 0 aromatic heterocycles. The summed E-state index contributed by atoms with van der Waals surface area (Å²) in [6.07, 6.45) is 0. The van der Waals surface area contributed by atoms with Crippen LogP contribution in [0.4, 0.5) is 5.69 Å². The Kier molecular flexibility index (Phi) is 7.28. The van der Waals surface area contributed by atoms with E-state index >= 15 is 0 Å². The molecule has 0 saturated heterocycles. The number of hydrogen-bond acceptors (Lipinski definition) is 5. The standard InChI is InChI=1S/C19H18BrN3O5/c1-11-4-3-5-15(17(11)21-12(2)24)19(27)28-10-16(25)22-23-18(26)13-6-8-14(20)9-7-13/h3-9H,10H2,1-2H3,(H,21,24)(H,22,25)(H,23,26). The van der Waals surface area contributed by atoms with Gasteiger partial charge in [0.25, 0.3) is 11.8 Å². The van der Waals surface area contributed by atoms with Gasteiger partial charge in [0, 0.05) is 17.0 Å². The highest BCUT2D eigenvalue weighted by Gasteiger charge is 2.17. The Morgan fingerprint density at radius 3 is 2.32 bits per heavy atom. The maximum atomic E-state index is 12.2. The zero-order valence-corrected chi connectivity index (χ0v) is 16.8. The molecule has 0 heterocycles. The van der Waals surface area contributed by atoms with Crippen molar-refractivity contribution in [1.29, 1.82) is 0 Å². The number of carbonyl (C=O) groups is 4. The molecule has 0 radical (unpaired) electrons. The SMILES string of the molecule is CC(=O)Nc1c(C)cccc1C(=O)OCC(=O)NNC(=O)c1ccc(Br)cc1. The van der Waals surface area contributed by atoms with Gasteiger partial charge in [-0.05, 0) is 42.8 Å². The molecule has 0 aliphatic heterocycles. The van der Waals surface area contributed by atoms with Crippen LogP contribution in [0, 0.1) is 6.92 Å². The number of rotatable bonds is 5. The molecule has 2 aromatic rings. The first-order valence-electron chi connectivity index (χ1n) is 8.17. The number of hydrogen-bond donors (Lipinski definition) is 3. The molecule has 2 aromatic carbocycles. The lowest BCUT2D eigenvalue weighted by molar-refractivity contribution is -0.125. The van der Waals surface area contributed by atoms with Crippen molar-refractivity contribution < 1.29 is 23.9 Å². The van der Waals surface area contributed by atoms with Gasteiger partial charge in [-0.15, -0.1) is 0 Å². The first-order chi connectivity index (χ1) is 13.3. The van der Waals surface area contributed by atoms with E-state index in [-0.39, 0.29) is 11.5 Å². The van der Waals surface area contributed by atoms with Crippen LogP contribution in [0.15, 0.2) is 46.9 Å². The number of ether oxygens (including phenoxy) is 1. The minimum absolute atomic E-state index is 0.127. The minimum Gasteiger partial charge on any atom is -0.452 e. The fraction of sp³-hybridized carbons (Fsp3) is 0.158. The molecule has 0 saturated carbocycles. The maximum Gasteiger partial charge on any atom is 0.340 e. The van der Waals surface area contributed by atoms with Crippen molar-refractivity contribution >= 4 is 45.3 Å². The van der Waals surface area contributed by atoms with Crippen molar-refractivity contribution in [1.82, 2.24) is 10.9 Å². The van der Waals surface area contributed by atoms with Gasteiger partial charge in [0.15, 0.2) is 6.61 Å². The van der Waals surface area contributed by atoms with E-state index in [1.807, 2.05) is 0 Å². The lowest BCUT2D eigenvalue weighted by atomic mass is 10.1. The molecule has 28 heavy (non-hydrogen) atoms. The van der Waals surface area contributed by atoms with E-state index in [9.17, 15) is 19.2 Å². The average molecular weight is 448 g/mol. The third-order valence-corrected chi connectivity index (χ3v) is 4.08. The van der Waals surface area contributed by atoms with Crippen molar-refractivity contribution in [2.24, 2.45) is 0 Å². The van der Waals surface area contributed by atoms with Crippen molar-refractivity contribution in [3.8, 4) is 0 Å². The summed E-state index contributed by atoms with van der Waals surface area (Å²) in [5.41, 5.74) is 5.86. The monoisotopic (exact) mass is 447 g/mol. The number of carbonyl (C=O) groups excluding carboxylic acids is 4. The summed E-state index contributed by atoms with van der Waals surface area (Å²) in [5, 5.41) is 2.57. The van der Waals surface area contributed by atoms with E-state index in [0.29, 0.717) is 16.8 Å². The predicted octanol–water partition coefficient (Wildman–Crippen LogP) is 2.33. The summed E-state index contributed by atoms with van der Waals surface area (Å²) < 4.78 is 5.78. The maximum absolute atomic E-state index is 12.2. The molecule has 0 fully saturated rings. The number of halogens is 1. The van der Waals surface area contributed by atoms with Crippen LogP contribution in [0.2, 0.25) is 0 Å². The molecule has 2 rings (SSSR count). The van der Waals surface area contributed by atoms with Gasteiger partial charge in [0.05, 0.1) is 11.3 Å². The number of nitrogens with one attached hydrogen (secondary N) is 3. The second-order valence-electron chi connectivity index (χ2n) is 5.76. The Balaban J connectivity index is 1.90. The molecular formula is C19H18BrN3O5. The van der Waals surface area contributed by atoms with Crippen molar-refractivity contribution in [2.45, 2.75) is 13.8 Å². The van der Waals surface area contributed by atoms with E-state index in [1.54, 1.807) is 43.3 Å². The number of hydrazine groups is 1. The molecular weight excluding hydrogens is 430 g/mol. The number of benzene rings is 2. The van der Waals surface area contributed by atoms with E-state index < -0.39 is 24.4 Å². The zero-order valence-electron chi connectivity index (χ0n) is 15.2. The summed E-state index contributed by atoms with van der Waals surface area (Å²) >= 11 is 3.26. The molecule has 9 heteroatoms. The average Bonchev–Trinajstić information content (AvgIpc) is 2.66. The molecule has 0 bridgehead atoms. The van der Waals surface area contributed by atoms with Crippen LogP contribution in [0.1, 0.15) is 33.2 Å². The van der Waals surface area contributed by atoms with Gasteiger partial charge < -0.3 is 10.1 Å².